The van der Waals surface area contributed by atoms with Gasteiger partial charge < -0.3 is 24.4 Å². The minimum Gasteiger partial charge on any atom is -0.493 e. The maximum absolute atomic E-state index is 11.9. The highest BCUT2D eigenvalue weighted by Crippen LogP contribution is 2.46. The molecule has 0 bridgehead atoms. The number of rotatable bonds is 9. The number of carboxylic acids is 1. The van der Waals surface area contributed by atoms with Gasteiger partial charge in [0.2, 0.25) is 0 Å². The van der Waals surface area contributed by atoms with E-state index in [0.29, 0.717) is 36.7 Å². The average molecular weight is 395 g/mol. The van der Waals surface area contributed by atoms with Crippen LogP contribution in [0.25, 0.3) is 0 Å². The Morgan fingerprint density at radius 3 is 2.43 bits per heavy atom. The SMILES string of the molecule is COCCCOc1cc(C2C(C(C)C)CC(C(=O)O)N2C(=O)O)ccc1OC. The molecule has 0 saturated carbocycles. The minimum atomic E-state index is -1.24. The lowest BCUT2D eigenvalue weighted by atomic mass is 9.84. The molecular weight excluding hydrogens is 366 g/mol. The van der Waals surface area contributed by atoms with Crippen LogP contribution in [-0.2, 0) is 9.53 Å². The molecule has 8 nitrogen and oxygen atoms in total. The quantitative estimate of drug-likeness (QED) is 0.618. The van der Waals surface area contributed by atoms with E-state index in [1.54, 1.807) is 25.3 Å². The Morgan fingerprint density at radius 1 is 1.18 bits per heavy atom. The summed E-state index contributed by atoms with van der Waals surface area (Å²) in [6.07, 6.45) is -0.261. The van der Waals surface area contributed by atoms with Crippen molar-refractivity contribution in [3.8, 4) is 11.5 Å². The molecule has 28 heavy (non-hydrogen) atoms. The number of carboxylic acid groups (broad SMARTS) is 2. The largest absolute Gasteiger partial charge is 0.493 e. The molecule has 3 atom stereocenters. The highest BCUT2D eigenvalue weighted by atomic mass is 16.5. The van der Waals surface area contributed by atoms with Gasteiger partial charge in [-0.3, -0.25) is 4.90 Å². The Labute approximate surface area is 165 Å². The van der Waals surface area contributed by atoms with Gasteiger partial charge in [0.05, 0.1) is 19.8 Å². The number of hydrogen-bond donors (Lipinski definition) is 2. The van der Waals surface area contributed by atoms with Crippen molar-refractivity contribution in [3.63, 3.8) is 0 Å². The van der Waals surface area contributed by atoms with Crippen LogP contribution in [-0.4, -0.2) is 60.7 Å². The summed E-state index contributed by atoms with van der Waals surface area (Å²) in [6, 6.07) is 3.63. The first-order chi connectivity index (χ1) is 13.3. The van der Waals surface area contributed by atoms with Crippen LogP contribution in [0.3, 0.4) is 0 Å². The Balaban J connectivity index is 2.40. The van der Waals surface area contributed by atoms with Gasteiger partial charge in [-0.2, -0.15) is 0 Å². The van der Waals surface area contributed by atoms with Crippen molar-refractivity contribution in [2.45, 2.75) is 38.8 Å². The number of benzene rings is 1. The molecule has 2 rings (SSSR count). The molecular formula is C20H29NO7. The summed E-state index contributed by atoms with van der Waals surface area (Å²) >= 11 is 0. The predicted molar refractivity (Wildman–Crippen MR) is 102 cm³/mol. The van der Waals surface area contributed by atoms with E-state index < -0.39 is 24.1 Å². The standard InChI is InChI=1S/C20H29NO7/c1-12(2)14-11-15(19(22)23)21(20(24)25)18(14)13-6-7-16(27-4)17(10-13)28-9-5-8-26-3/h6-7,10,12,14-15,18H,5,8-9,11H2,1-4H3,(H,22,23)(H,24,25). The van der Waals surface area contributed by atoms with Crippen LogP contribution in [0.1, 0.15) is 38.3 Å². The third-order valence-electron chi connectivity index (χ3n) is 5.18. The topological polar surface area (TPSA) is 106 Å². The lowest BCUT2D eigenvalue weighted by Crippen LogP contribution is -2.41. The van der Waals surface area contributed by atoms with Crippen LogP contribution in [0.15, 0.2) is 18.2 Å². The van der Waals surface area contributed by atoms with Gasteiger partial charge in [-0.1, -0.05) is 19.9 Å². The summed E-state index contributed by atoms with van der Waals surface area (Å²) in [7, 11) is 3.15. The summed E-state index contributed by atoms with van der Waals surface area (Å²) in [5.74, 6) is -0.0870. The lowest BCUT2D eigenvalue weighted by molar-refractivity contribution is -0.142. The Kier molecular flexibility index (Phi) is 7.51. The van der Waals surface area contributed by atoms with Crippen LogP contribution >= 0.6 is 0 Å². The number of hydrogen-bond acceptors (Lipinski definition) is 5. The van der Waals surface area contributed by atoms with E-state index in [0.717, 1.165) is 4.90 Å². The van der Waals surface area contributed by atoms with Crippen molar-refractivity contribution in [2.24, 2.45) is 11.8 Å². The van der Waals surface area contributed by atoms with E-state index in [1.807, 2.05) is 13.8 Å². The van der Waals surface area contributed by atoms with E-state index in [2.05, 4.69) is 0 Å². The number of likely N-dealkylation sites (tertiary alicyclic amines) is 1. The summed E-state index contributed by atoms with van der Waals surface area (Å²) in [5.41, 5.74) is 0.701. The molecule has 1 heterocycles. The molecule has 1 aromatic carbocycles. The maximum Gasteiger partial charge on any atom is 0.408 e. The molecule has 0 aromatic heterocycles. The number of amides is 1. The van der Waals surface area contributed by atoms with Crippen molar-refractivity contribution in [2.75, 3.05) is 27.4 Å². The van der Waals surface area contributed by atoms with Gasteiger partial charge in [0, 0.05) is 20.1 Å². The van der Waals surface area contributed by atoms with Crippen molar-refractivity contribution in [3.05, 3.63) is 23.8 Å². The number of methoxy groups -OCH3 is 2. The van der Waals surface area contributed by atoms with Crippen LogP contribution in [0.4, 0.5) is 4.79 Å². The van der Waals surface area contributed by atoms with Crippen LogP contribution in [0.5, 0.6) is 11.5 Å². The number of carbonyl (C=O) groups is 2. The smallest absolute Gasteiger partial charge is 0.408 e. The summed E-state index contributed by atoms with van der Waals surface area (Å²) < 4.78 is 16.2. The zero-order chi connectivity index (χ0) is 20.8. The van der Waals surface area contributed by atoms with Gasteiger partial charge in [-0.05, 0) is 36.0 Å². The van der Waals surface area contributed by atoms with Gasteiger partial charge in [0.25, 0.3) is 0 Å². The molecule has 2 N–H and O–H groups in total. The maximum atomic E-state index is 11.9. The first-order valence-corrected chi connectivity index (χ1v) is 9.35. The van der Waals surface area contributed by atoms with E-state index in [9.17, 15) is 19.8 Å². The van der Waals surface area contributed by atoms with Gasteiger partial charge in [0.1, 0.15) is 6.04 Å². The molecule has 0 radical (unpaired) electrons. The van der Waals surface area contributed by atoms with Crippen molar-refractivity contribution in [1.29, 1.82) is 0 Å². The number of ether oxygens (including phenoxy) is 3. The van der Waals surface area contributed by atoms with E-state index in [1.165, 1.54) is 7.11 Å². The van der Waals surface area contributed by atoms with Gasteiger partial charge >= 0.3 is 12.1 Å². The monoisotopic (exact) mass is 395 g/mol. The second-order valence-corrected chi connectivity index (χ2v) is 7.24. The average Bonchev–Trinajstić information content (AvgIpc) is 3.06. The van der Waals surface area contributed by atoms with Crippen molar-refractivity contribution in [1.82, 2.24) is 4.90 Å². The van der Waals surface area contributed by atoms with Crippen molar-refractivity contribution >= 4 is 12.1 Å². The molecule has 0 aliphatic carbocycles. The third kappa shape index (κ3) is 4.67. The zero-order valence-electron chi connectivity index (χ0n) is 16.8. The molecule has 3 unspecified atom stereocenters. The van der Waals surface area contributed by atoms with Crippen LogP contribution < -0.4 is 9.47 Å². The summed E-state index contributed by atoms with van der Waals surface area (Å²) in [5, 5.41) is 19.3. The van der Waals surface area contributed by atoms with Crippen LogP contribution in [0, 0.1) is 11.8 Å². The predicted octanol–water partition coefficient (Wildman–Crippen LogP) is 3.26. The molecule has 8 heteroatoms. The van der Waals surface area contributed by atoms with E-state index in [-0.39, 0.29) is 18.3 Å². The summed E-state index contributed by atoms with van der Waals surface area (Å²) in [4.78, 5) is 24.6. The minimum absolute atomic E-state index is 0.115. The number of aliphatic carboxylic acids is 1. The first-order valence-electron chi connectivity index (χ1n) is 9.35. The normalized spacial score (nSPS) is 21.8. The fourth-order valence-corrected chi connectivity index (χ4v) is 3.79. The molecule has 1 saturated heterocycles. The fraction of sp³-hybridized carbons (Fsp3) is 0.600. The Bertz CT molecular complexity index is 691. The van der Waals surface area contributed by atoms with Crippen molar-refractivity contribution < 1.29 is 34.0 Å². The molecule has 1 amide bonds. The number of nitrogens with zero attached hydrogens (tertiary/aromatic N) is 1. The molecule has 1 aromatic rings. The fourth-order valence-electron chi connectivity index (χ4n) is 3.79. The highest BCUT2D eigenvalue weighted by molar-refractivity contribution is 5.80. The lowest BCUT2D eigenvalue weighted by Gasteiger charge is -2.30. The van der Waals surface area contributed by atoms with Gasteiger partial charge in [-0.25, -0.2) is 9.59 Å². The third-order valence-corrected chi connectivity index (χ3v) is 5.18. The van der Waals surface area contributed by atoms with Gasteiger partial charge in [-0.15, -0.1) is 0 Å². The molecule has 1 aliphatic rings. The second-order valence-electron chi connectivity index (χ2n) is 7.24. The molecule has 0 spiro atoms. The van der Waals surface area contributed by atoms with E-state index in [4.69, 9.17) is 14.2 Å². The van der Waals surface area contributed by atoms with Gasteiger partial charge in [0.15, 0.2) is 11.5 Å². The van der Waals surface area contributed by atoms with Crippen LogP contribution in [0.2, 0.25) is 0 Å². The molecule has 156 valence electrons. The Morgan fingerprint density at radius 2 is 1.89 bits per heavy atom. The zero-order valence-corrected chi connectivity index (χ0v) is 16.8. The highest BCUT2D eigenvalue weighted by Gasteiger charge is 2.49. The first kappa shape index (κ1) is 21.8. The molecule has 1 fully saturated rings. The second kappa shape index (κ2) is 9.64. The Hall–Kier alpha value is -2.48. The summed E-state index contributed by atoms with van der Waals surface area (Å²) in [6.45, 7) is 4.95. The van der Waals surface area contributed by atoms with E-state index >= 15 is 0 Å². The molecule has 1 aliphatic heterocycles.